The number of ether oxygens (including phenoxy) is 4. The minimum Gasteiger partial charge on any atom is -0.490 e. The van der Waals surface area contributed by atoms with Gasteiger partial charge in [0.25, 0.3) is 17.7 Å². The van der Waals surface area contributed by atoms with Gasteiger partial charge in [0.05, 0.1) is 13.2 Å². The number of rotatable bonds is 8. The highest BCUT2D eigenvalue weighted by Crippen LogP contribution is 2.32. The Morgan fingerprint density at radius 3 is 2.11 bits per heavy atom. The summed E-state index contributed by atoms with van der Waals surface area (Å²) >= 11 is 0. The van der Waals surface area contributed by atoms with E-state index in [4.69, 9.17) is 18.9 Å². The molecule has 0 saturated heterocycles. The van der Waals surface area contributed by atoms with Crippen LogP contribution in [-0.4, -0.2) is 37.7 Å². The Bertz CT molecular complexity index is 1290. The molecule has 10 heteroatoms. The van der Waals surface area contributed by atoms with Crippen molar-refractivity contribution in [1.82, 2.24) is 10.9 Å². The largest absolute Gasteiger partial charge is 0.490 e. The molecule has 4 rings (SSSR count). The van der Waals surface area contributed by atoms with Gasteiger partial charge >= 0.3 is 0 Å². The average molecular weight is 492 g/mol. The molecule has 0 unspecified atom stereocenters. The number of carbonyl (C=O) groups is 3. The van der Waals surface area contributed by atoms with Crippen molar-refractivity contribution in [3.8, 4) is 23.0 Å². The Morgan fingerprint density at radius 1 is 0.722 bits per heavy atom. The van der Waals surface area contributed by atoms with E-state index in [1.807, 2.05) is 13.8 Å². The SMILES string of the molecule is CCOc1ccc(C(=O)Nc2cccc(C(=O)NNC(=O)c3ccc4c(c3)OCO4)c2)cc1OCC. The number of carbonyl (C=O) groups excluding carboxylic acids is 3. The molecule has 0 bridgehead atoms. The molecule has 1 heterocycles. The van der Waals surface area contributed by atoms with Crippen molar-refractivity contribution in [2.24, 2.45) is 0 Å². The Labute approximate surface area is 207 Å². The highest BCUT2D eigenvalue weighted by atomic mass is 16.7. The quantitative estimate of drug-likeness (QED) is 0.412. The monoisotopic (exact) mass is 491 g/mol. The van der Waals surface area contributed by atoms with Crippen molar-refractivity contribution in [2.75, 3.05) is 25.3 Å². The van der Waals surface area contributed by atoms with Gasteiger partial charge < -0.3 is 24.3 Å². The van der Waals surface area contributed by atoms with Crippen molar-refractivity contribution < 1.29 is 33.3 Å². The maximum absolute atomic E-state index is 12.8. The summed E-state index contributed by atoms with van der Waals surface area (Å²) in [4.78, 5) is 37.8. The first kappa shape index (κ1) is 24.4. The van der Waals surface area contributed by atoms with Crippen LogP contribution in [0.5, 0.6) is 23.0 Å². The van der Waals surface area contributed by atoms with Crippen LogP contribution in [0.2, 0.25) is 0 Å². The standard InChI is InChI=1S/C26H25N3O7/c1-3-33-20-10-8-17(13-22(20)34-4-2)24(30)27-19-7-5-6-16(12-19)25(31)28-29-26(32)18-9-11-21-23(14-18)36-15-35-21/h5-14H,3-4,15H2,1-2H3,(H,27,30)(H,28,31)(H,29,32). The van der Waals surface area contributed by atoms with E-state index in [0.717, 1.165) is 0 Å². The molecule has 36 heavy (non-hydrogen) atoms. The van der Waals surface area contributed by atoms with Gasteiger partial charge in [-0.1, -0.05) is 6.07 Å². The fraction of sp³-hybridized carbons (Fsp3) is 0.192. The summed E-state index contributed by atoms with van der Waals surface area (Å²) < 4.78 is 21.6. The molecule has 186 valence electrons. The molecule has 0 atom stereocenters. The Balaban J connectivity index is 1.38. The number of nitrogens with one attached hydrogen (secondary N) is 3. The highest BCUT2D eigenvalue weighted by Gasteiger charge is 2.17. The van der Waals surface area contributed by atoms with Crippen molar-refractivity contribution in [3.63, 3.8) is 0 Å². The predicted octanol–water partition coefficient (Wildman–Crippen LogP) is 3.54. The van der Waals surface area contributed by atoms with Crippen molar-refractivity contribution in [1.29, 1.82) is 0 Å². The maximum atomic E-state index is 12.8. The highest BCUT2D eigenvalue weighted by molar-refractivity contribution is 6.05. The Morgan fingerprint density at radius 2 is 1.36 bits per heavy atom. The topological polar surface area (TPSA) is 124 Å². The second-order valence-electron chi connectivity index (χ2n) is 7.54. The Kier molecular flexibility index (Phi) is 7.54. The van der Waals surface area contributed by atoms with Crippen LogP contribution < -0.4 is 35.1 Å². The molecule has 10 nitrogen and oxygen atoms in total. The molecule has 0 spiro atoms. The van der Waals surface area contributed by atoms with Crippen LogP contribution in [-0.2, 0) is 0 Å². The zero-order valence-electron chi connectivity index (χ0n) is 19.8. The molecule has 3 aromatic rings. The molecule has 0 radical (unpaired) electrons. The number of hydrogen-bond acceptors (Lipinski definition) is 7. The van der Waals surface area contributed by atoms with Gasteiger partial charge in [-0.15, -0.1) is 0 Å². The summed E-state index contributed by atoms with van der Waals surface area (Å²) in [5.41, 5.74) is 6.03. The fourth-order valence-electron chi connectivity index (χ4n) is 3.43. The molecule has 0 aromatic heterocycles. The van der Waals surface area contributed by atoms with E-state index in [0.29, 0.717) is 53.0 Å². The summed E-state index contributed by atoms with van der Waals surface area (Å²) in [5.74, 6) is 0.571. The minimum atomic E-state index is -0.556. The first-order chi connectivity index (χ1) is 17.5. The molecule has 1 aliphatic rings. The van der Waals surface area contributed by atoms with Gasteiger partial charge in [-0.2, -0.15) is 0 Å². The van der Waals surface area contributed by atoms with Crippen LogP contribution >= 0.6 is 0 Å². The summed E-state index contributed by atoms with van der Waals surface area (Å²) in [6, 6.07) is 15.9. The van der Waals surface area contributed by atoms with E-state index in [1.165, 1.54) is 12.1 Å². The first-order valence-corrected chi connectivity index (χ1v) is 11.3. The van der Waals surface area contributed by atoms with Crippen molar-refractivity contribution in [3.05, 3.63) is 77.4 Å². The smallest absolute Gasteiger partial charge is 0.269 e. The van der Waals surface area contributed by atoms with Crippen LogP contribution in [0.25, 0.3) is 0 Å². The number of hydrogen-bond donors (Lipinski definition) is 3. The number of amides is 3. The summed E-state index contributed by atoms with van der Waals surface area (Å²) in [5, 5.41) is 2.76. The van der Waals surface area contributed by atoms with E-state index < -0.39 is 11.8 Å². The van der Waals surface area contributed by atoms with Gasteiger partial charge in [-0.05, 0) is 68.4 Å². The maximum Gasteiger partial charge on any atom is 0.269 e. The molecular formula is C26H25N3O7. The molecule has 0 fully saturated rings. The van der Waals surface area contributed by atoms with Crippen LogP contribution in [0.4, 0.5) is 5.69 Å². The molecular weight excluding hydrogens is 466 g/mol. The van der Waals surface area contributed by atoms with Gasteiger partial charge in [0.15, 0.2) is 23.0 Å². The summed E-state index contributed by atoms with van der Waals surface area (Å²) in [7, 11) is 0. The first-order valence-electron chi connectivity index (χ1n) is 11.3. The number of benzene rings is 3. The molecule has 3 N–H and O–H groups in total. The van der Waals surface area contributed by atoms with E-state index in [1.54, 1.807) is 48.5 Å². The lowest BCUT2D eigenvalue weighted by Gasteiger charge is -2.13. The average Bonchev–Trinajstić information content (AvgIpc) is 3.36. The van der Waals surface area contributed by atoms with E-state index in [9.17, 15) is 14.4 Å². The zero-order valence-corrected chi connectivity index (χ0v) is 19.8. The molecule has 1 aliphatic heterocycles. The van der Waals surface area contributed by atoms with Gasteiger partial charge in [0.1, 0.15) is 0 Å². The second kappa shape index (κ2) is 11.1. The third-order valence-corrected chi connectivity index (χ3v) is 5.11. The second-order valence-corrected chi connectivity index (χ2v) is 7.54. The molecule has 3 amide bonds. The lowest BCUT2D eigenvalue weighted by atomic mass is 10.1. The van der Waals surface area contributed by atoms with E-state index >= 15 is 0 Å². The molecule has 0 aliphatic carbocycles. The summed E-state index contributed by atoms with van der Waals surface area (Å²) in [6.07, 6.45) is 0. The number of anilines is 1. The van der Waals surface area contributed by atoms with Gasteiger partial charge in [-0.25, -0.2) is 0 Å². The fourth-order valence-corrected chi connectivity index (χ4v) is 3.43. The lowest BCUT2D eigenvalue weighted by Crippen LogP contribution is -2.41. The normalized spacial score (nSPS) is 11.4. The van der Waals surface area contributed by atoms with E-state index in [-0.39, 0.29) is 18.3 Å². The van der Waals surface area contributed by atoms with Gasteiger partial charge in [-0.3, -0.25) is 25.2 Å². The van der Waals surface area contributed by atoms with Crippen LogP contribution in [0.3, 0.4) is 0 Å². The zero-order chi connectivity index (χ0) is 25.5. The predicted molar refractivity (Wildman–Crippen MR) is 131 cm³/mol. The van der Waals surface area contributed by atoms with Crippen LogP contribution in [0, 0.1) is 0 Å². The lowest BCUT2D eigenvalue weighted by molar-refractivity contribution is 0.0846. The molecule has 3 aromatic carbocycles. The van der Waals surface area contributed by atoms with Gasteiger partial charge in [0.2, 0.25) is 6.79 Å². The van der Waals surface area contributed by atoms with Crippen LogP contribution in [0.1, 0.15) is 44.9 Å². The molecule has 0 saturated carbocycles. The van der Waals surface area contributed by atoms with Crippen molar-refractivity contribution >= 4 is 23.4 Å². The third kappa shape index (κ3) is 5.66. The Hall–Kier alpha value is -4.73. The van der Waals surface area contributed by atoms with Gasteiger partial charge in [0, 0.05) is 22.4 Å². The minimum absolute atomic E-state index is 0.0935. The van der Waals surface area contributed by atoms with Crippen LogP contribution in [0.15, 0.2) is 60.7 Å². The third-order valence-electron chi connectivity index (χ3n) is 5.11. The summed E-state index contributed by atoms with van der Waals surface area (Å²) in [6.45, 7) is 4.69. The number of hydrazine groups is 1. The number of fused-ring (bicyclic) bond motifs is 1. The van der Waals surface area contributed by atoms with Crippen molar-refractivity contribution in [2.45, 2.75) is 13.8 Å². The van der Waals surface area contributed by atoms with E-state index in [2.05, 4.69) is 16.2 Å².